The third-order valence-electron chi connectivity index (χ3n) is 3.19. The normalized spacial score (nSPS) is 12.0. The molecule has 3 N–H and O–H groups in total. The van der Waals surface area contributed by atoms with Crippen LogP contribution in [0.25, 0.3) is 0 Å². The zero-order valence-corrected chi connectivity index (χ0v) is 11.7. The smallest absolute Gasteiger partial charge is 0.132 e. The first kappa shape index (κ1) is 15.2. The van der Waals surface area contributed by atoms with Crippen molar-refractivity contribution < 1.29 is 18.3 Å². The molecule has 0 fully saturated rings. The maximum absolute atomic E-state index is 14.2. The van der Waals surface area contributed by atoms with Crippen LogP contribution in [0.3, 0.4) is 0 Å². The van der Waals surface area contributed by atoms with Gasteiger partial charge < -0.3 is 9.47 Å². The van der Waals surface area contributed by atoms with Gasteiger partial charge in [-0.1, -0.05) is 6.07 Å². The summed E-state index contributed by atoms with van der Waals surface area (Å²) in [6.45, 7) is 0. The zero-order chi connectivity index (χ0) is 15.4. The van der Waals surface area contributed by atoms with E-state index in [4.69, 9.17) is 15.3 Å². The fourth-order valence-electron chi connectivity index (χ4n) is 2.15. The number of hydrogen-bond donors (Lipinski definition) is 2. The molecule has 0 amide bonds. The maximum Gasteiger partial charge on any atom is 0.132 e. The molecule has 1 atom stereocenters. The summed E-state index contributed by atoms with van der Waals surface area (Å²) < 4.78 is 37.8. The van der Waals surface area contributed by atoms with E-state index in [-0.39, 0.29) is 5.56 Å². The lowest BCUT2D eigenvalue weighted by Crippen LogP contribution is -2.30. The number of halogens is 2. The fourth-order valence-corrected chi connectivity index (χ4v) is 2.15. The Morgan fingerprint density at radius 2 is 1.76 bits per heavy atom. The minimum Gasteiger partial charge on any atom is -0.497 e. The fraction of sp³-hybridized carbons (Fsp3) is 0.200. The Bertz CT molecular complexity index is 635. The van der Waals surface area contributed by atoms with Crippen LogP contribution in [0.5, 0.6) is 11.5 Å². The molecule has 2 rings (SSSR count). The molecule has 21 heavy (non-hydrogen) atoms. The summed E-state index contributed by atoms with van der Waals surface area (Å²) in [5.41, 5.74) is 3.16. The summed E-state index contributed by atoms with van der Waals surface area (Å²) in [7, 11) is 2.90. The highest BCUT2D eigenvalue weighted by molar-refractivity contribution is 5.43. The minimum absolute atomic E-state index is 0.266. The summed E-state index contributed by atoms with van der Waals surface area (Å²) in [4.78, 5) is 0. The molecule has 0 aromatic heterocycles. The van der Waals surface area contributed by atoms with E-state index < -0.39 is 17.7 Å². The molecule has 0 saturated heterocycles. The predicted octanol–water partition coefficient (Wildman–Crippen LogP) is 2.53. The number of benzene rings is 2. The van der Waals surface area contributed by atoms with Gasteiger partial charge in [-0.25, -0.2) is 14.2 Å². The molecule has 0 aliphatic heterocycles. The molecule has 0 heterocycles. The molecule has 4 nitrogen and oxygen atoms in total. The Morgan fingerprint density at radius 3 is 2.33 bits per heavy atom. The molecular formula is C15H16F2N2O2. The second kappa shape index (κ2) is 6.51. The summed E-state index contributed by atoms with van der Waals surface area (Å²) in [5.74, 6) is 5.35. The number of nitrogens with two attached hydrogens (primary N) is 1. The van der Waals surface area contributed by atoms with Gasteiger partial charge in [-0.3, -0.25) is 5.84 Å². The number of rotatable bonds is 5. The minimum atomic E-state index is -0.749. The van der Waals surface area contributed by atoms with Crippen LogP contribution >= 0.6 is 0 Å². The van der Waals surface area contributed by atoms with E-state index in [1.807, 2.05) is 0 Å². The number of ether oxygens (including phenoxy) is 2. The van der Waals surface area contributed by atoms with Crippen molar-refractivity contribution in [2.75, 3.05) is 14.2 Å². The molecule has 6 heteroatoms. The van der Waals surface area contributed by atoms with Crippen molar-refractivity contribution in [1.29, 1.82) is 0 Å². The molecule has 0 aliphatic carbocycles. The van der Waals surface area contributed by atoms with Gasteiger partial charge in [-0.05, 0) is 24.3 Å². The van der Waals surface area contributed by atoms with E-state index in [0.717, 1.165) is 0 Å². The van der Waals surface area contributed by atoms with Gasteiger partial charge in [0, 0.05) is 17.2 Å². The Morgan fingerprint density at radius 1 is 1.00 bits per heavy atom. The van der Waals surface area contributed by atoms with Crippen molar-refractivity contribution in [1.82, 2.24) is 5.43 Å². The van der Waals surface area contributed by atoms with Gasteiger partial charge in [0.2, 0.25) is 0 Å². The standard InChI is InChI=1S/C15H16F2N2O2/c1-20-10-4-5-11(13(17)8-10)15(19-18)12-7-9(16)3-6-14(12)21-2/h3-8,15,19H,18H2,1-2H3. The van der Waals surface area contributed by atoms with Crippen LogP contribution in [-0.2, 0) is 0 Å². The second-order valence-electron chi connectivity index (χ2n) is 4.37. The molecule has 0 saturated carbocycles. The molecular weight excluding hydrogens is 278 g/mol. The van der Waals surface area contributed by atoms with E-state index in [1.54, 1.807) is 6.07 Å². The monoisotopic (exact) mass is 294 g/mol. The van der Waals surface area contributed by atoms with Crippen LogP contribution in [0, 0.1) is 11.6 Å². The lowest BCUT2D eigenvalue weighted by atomic mass is 9.97. The molecule has 0 radical (unpaired) electrons. The van der Waals surface area contributed by atoms with Gasteiger partial charge in [0.25, 0.3) is 0 Å². The van der Waals surface area contributed by atoms with E-state index >= 15 is 0 Å². The van der Waals surface area contributed by atoms with Gasteiger partial charge in [-0.2, -0.15) is 0 Å². The van der Waals surface area contributed by atoms with E-state index in [0.29, 0.717) is 17.1 Å². The Labute approximate surface area is 121 Å². The largest absolute Gasteiger partial charge is 0.497 e. The van der Waals surface area contributed by atoms with Crippen LogP contribution in [0.15, 0.2) is 36.4 Å². The quantitative estimate of drug-likeness (QED) is 0.657. The van der Waals surface area contributed by atoms with Crippen LogP contribution in [0.4, 0.5) is 8.78 Å². The van der Waals surface area contributed by atoms with Crippen molar-refractivity contribution in [2.24, 2.45) is 5.84 Å². The van der Waals surface area contributed by atoms with E-state index in [9.17, 15) is 8.78 Å². The molecule has 0 spiro atoms. The first-order chi connectivity index (χ1) is 10.1. The van der Waals surface area contributed by atoms with Gasteiger partial charge in [0.15, 0.2) is 0 Å². The number of nitrogens with one attached hydrogen (secondary N) is 1. The summed E-state index contributed by atoms with van der Waals surface area (Å²) in [5, 5.41) is 0. The molecule has 0 bridgehead atoms. The Balaban J connectivity index is 2.51. The average Bonchev–Trinajstić information content (AvgIpc) is 2.49. The van der Waals surface area contributed by atoms with Crippen molar-refractivity contribution in [2.45, 2.75) is 6.04 Å². The third kappa shape index (κ3) is 3.12. The van der Waals surface area contributed by atoms with Crippen LogP contribution in [0.2, 0.25) is 0 Å². The van der Waals surface area contributed by atoms with E-state index in [2.05, 4.69) is 5.43 Å². The van der Waals surface area contributed by atoms with Gasteiger partial charge in [-0.15, -0.1) is 0 Å². The van der Waals surface area contributed by atoms with Crippen LogP contribution < -0.4 is 20.7 Å². The van der Waals surface area contributed by atoms with Crippen molar-refractivity contribution in [3.05, 3.63) is 59.2 Å². The van der Waals surface area contributed by atoms with Crippen LogP contribution in [0.1, 0.15) is 17.2 Å². The zero-order valence-electron chi connectivity index (χ0n) is 11.7. The molecule has 2 aromatic carbocycles. The summed E-state index contributed by atoms with van der Waals surface area (Å²) in [6, 6.07) is 7.62. The van der Waals surface area contributed by atoms with Crippen molar-refractivity contribution >= 4 is 0 Å². The Hall–Kier alpha value is -2.18. The van der Waals surface area contributed by atoms with E-state index in [1.165, 1.54) is 44.6 Å². The van der Waals surface area contributed by atoms with Gasteiger partial charge >= 0.3 is 0 Å². The highest BCUT2D eigenvalue weighted by Crippen LogP contribution is 2.32. The summed E-state index contributed by atoms with van der Waals surface area (Å²) >= 11 is 0. The molecule has 2 aromatic rings. The van der Waals surface area contributed by atoms with Crippen molar-refractivity contribution in [3.63, 3.8) is 0 Å². The maximum atomic E-state index is 14.2. The van der Waals surface area contributed by atoms with Crippen molar-refractivity contribution in [3.8, 4) is 11.5 Å². The lowest BCUT2D eigenvalue weighted by molar-refractivity contribution is 0.400. The topological polar surface area (TPSA) is 56.5 Å². The average molecular weight is 294 g/mol. The highest BCUT2D eigenvalue weighted by Gasteiger charge is 2.21. The second-order valence-corrected chi connectivity index (χ2v) is 4.37. The molecule has 1 unspecified atom stereocenters. The first-order valence-corrected chi connectivity index (χ1v) is 6.23. The number of methoxy groups -OCH3 is 2. The van der Waals surface area contributed by atoms with Gasteiger partial charge in [0.05, 0.1) is 20.3 Å². The molecule has 112 valence electrons. The number of hydrazine groups is 1. The first-order valence-electron chi connectivity index (χ1n) is 6.23. The molecule has 0 aliphatic rings. The predicted molar refractivity (Wildman–Crippen MR) is 75.1 cm³/mol. The SMILES string of the molecule is COc1ccc(C(NN)c2cc(F)ccc2OC)c(F)c1. The third-order valence-corrected chi connectivity index (χ3v) is 3.19. The summed E-state index contributed by atoms with van der Waals surface area (Å²) in [6.07, 6.45) is 0. The number of hydrogen-bond acceptors (Lipinski definition) is 4. The Kier molecular flexibility index (Phi) is 4.72. The van der Waals surface area contributed by atoms with Crippen LogP contribution in [-0.4, -0.2) is 14.2 Å². The lowest BCUT2D eigenvalue weighted by Gasteiger charge is -2.20. The highest BCUT2D eigenvalue weighted by atomic mass is 19.1. The van der Waals surface area contributed by atoms with Gasteiger partial charge in [0.1, 0.15) is 23.1 Å².